The fourth-order valence-electron chi connectivity index (χ4n) is 1.81. The summed E-state index contributed by atoms with van der Waals surface area (Å²) in [6.45, 7) is 6.93. The summed E-state index contributed by atoms with van der Waals surface area (Å²) in [5.41, 5.74) is 1.08. The summed E-state index contributed by atoms with van der Waals surface area (Å²) < 4.78 is 10.9. The van der Waals surface area contributed by atoms with Crippen molar-refractivity contribution in [2.75, 3.05) is 13.7 Å². The predicted molar refractivity (Wildman–Crippen MR) is 75.8 cm³/mol. The fourth-order valence-corrected chi connectivity index (χ4v) is 1.81. The summed E-state index contributed by atoms with van der Waals surface area (Å²) in [5.74, 6) is 0.928. The number of unbranched alkanes of at least 4 members (excludes halogenated alkanes) is 4. The molecule has 0 saturated carbocycles. The van der Waals surface area contributed by atoms with Gasteiger partial charge in [0.15, 0.2) is 0 Å². The summed E-state index contributed by atoms with van der Waals surface area (Å²) in [5, 5.41) is 0. The van der Waals surface area contributed by atoms with E-state index in [0.717, 1.165) is 24.3 Å². The van der Waals surface area contributed by atoms with Gasteiger partial charge < -0.3 is 9.47 Å². The number of methoxy groups -OCH3 is 1. The Morgan fingerprint density at radius 2 is 1.72 bits per heavy atom. The van der Waals surface area contributed by atoms with Crippen LogP contribution in [0.5, 0.6) is 5.75 Å². The van der Waals surface area contributed by atoms with E-state index in [0.29, 0.717) is 0 Å². The van der Waals surface area contributed by atoms with Crippen LogP contribution in [0.15, 0.2) is 24.3 Å². The second kappa shape index (κ2) is 8.98. The zero-order valence-corrected chi connectivity index (χ0v) is 11.7. The molecule has 0 aliphatic carbocycles. The van der Waals surface area contributed by atoms with Gasteiger partial charge in [-0.1, -0.05) is 44.7 Å². The highest BCUT2D eigenvalue weighted by atomic mass is 16.5. The van der Waals surface area contributed by atoms with E-state index in [1.165, 1.54) is 25.7 Å². The summed E-state index contributed by atoms with van der Waals surface area (Å²) in [4.78, 5) is 0. The van der Waals surface area contributed by atoms with Crippen LogP contribution in [-0.2, 0) is 4.74 Å². The molecule has 0 heterocycles. The lowest BCUT2D eigenvalue weighted by Crippen LogP contribution is -1.99. The van der Waals surface area contributed by atoms with Gasteiger partial charge in [-0.25, -0.2) is 0 Å². The van der Waals surface area contributed by atoms with E-state index in [1.807, 2.05) is 24.3 Å². The van der Waals surface area contributed by atoms with Crippen molar-refractivity contribution in [3.8, 4) is 5.75 Å². The second-order valence-corrected chi connectivity index (χ2v) is 4.56. The summed E-state index contributed by atoms with van der Waals surface area (Å²) >= 11 is 0. The first-order valence-corrected chi connectivity index (χ1v) is 6.86. The highest BCUT2D eigenvalue weighted by Gasteiger charge is 2.03. The first-order valence-electron chi connectivity index (χ1n) is 6.86. The van der Waals surface area contributed by atoms with Gasteiger partial charge in [0, 0.05) is 7.11 Å². The Morgan fingerprint density at radius 1 is 1.06 bits per heavy atom. The van der Waals surface area contributed by atoms with Crippen molar-refractivity contribution in [1.29, 1.82) is 0 Å². The first-order chi connectivity index (χ1) is 8.77. The molecule has 1 unspecified atom stereocenters. The van der Waals surface area contributed by atoms with Crippen molar-refractivity contribution in [3.63, 3.8) is 0 Å². The molecular formula is C16H25O2. The number of hydrogen-bond acceptors (Lipinski definition) is 2. The average molecular weight is 249 g/mol. The molecule has 2 nitrogen and oxygen atoms in total. The first kappa shape index (κ1) is 15.0. The van der Waals surface area contributed by atoms with Crippen LogP contribution in [0, 0.1) is 6.92 Å². The minimum atomic E-state index is -0.104. The maximum Gasteiger partial charge on any atom is 0.119 e. The van der Waals surface area contributed by atoms with Crippen LogP contribution in [0.2, 0.25) is 0 Å². The zero-order valence-electron chi connectivity index (χ0n) is 11.7. The highest BCUT2D eigenvalue weighted by Crippen LogP contribution is 2.19. The monoisotopic (exact) mass is 249 g/mol. The Kier molecular flexibility index (Phi) is 7.51. The molecule has 0 aromatic heterocycles. The summed E-state index contributed by atoms with van der Waals surface area (Å²) in [6.07, 6.45) is 6.22. The highest BCUT2D eigenvalue weighted by molar-refractivity contribution is 5.28. The molecule has 0 fully saturated rings. The van der Waals surface area contributed by atoms with E-state index in [2.05, 4.69) is 13.8 Å². The molecule has 0 N–H and O–H groups in total. The van der Waals surface area contributed by atoms with E-state index in [4.69, 9.17) is 9.47 Å². The van der Waals surface area contributed by atoms with Crippen molar-refractivity contribution in [1.82, 2.24) is 0 Å². The Labute approximate surface area is 111 Å². The van der Waals surface area contributed by atoms with E-state index < -0.39 is 0 Å². The Bertz CT molecular complexity index is 305. The SMILES string of the molecule is [CH2]C(OC)c1ccc(OCCCCCCC)cc1. The molecule has 0 saturated heterocycles. The van der Waals surface area contributed by atoms with E-state index in [1.54, 1.807) is 7.11 Å². The number of benzene rings is 1. The molecule has 1 rings (SSSR count). The molecule has 101 valence electrons. The van der Waals surface area contributed by atoms with Crippen LogP contribution in [0.4, 0.5) is 0 Å². The summed E-state index contributed by atoms with van der Waals surface area (Å²) in [6, 6.07) is 7.98. The van der Waals surface area contributed by atoms with Gasteiger partial charge in [0.25, 0.3) is 0 Å². The van der Waals surface area contributed by atoms with Crippen molar-refractivity contribution in [3.05, 3.63) is 36.8 Å². The zero-order chi connectivity index (χ0) is 13.2. The largest absolute Gasteiger partial charge is 0.494 e. The Balaban J connectivity index is 2.22. The molecule has 1 aromatic carbocycles. The lowest BCUT2D eigenvalue weighted by Gasteiger charge is -2.11. The smallest absolute Gasteiger partial charge is 0.119 e. The molecule has 0 spiro atoms. The molecule has 1 radical (unpaired) electrons. The Hall–Kier alpha value is -1.02. The maximum absolute atomic E-state index is 5.69. The van der Waals surface area contributed by atoms with E-state index in [9.17, 15) is 0 Å². The van der Waals surface area contributed by atoms with Gasteiger partial charge in [-0.2, -0.15) is 0 Å². The van der Waals surface area contributed by atoms with Crippen molar-refractivity contribution in [2.24, 2.45) is 0 Å². The molecule has 0 aliphatic rings. The predicted octanol–water partition coefficient (Wildman–Crippen LogP) is 4.56. The molecule has 0 aliphatic heterocycles. The second-order valence-electron chi connectivity index (χ2n) is 4.56. The van der Waals surface area contributed by atoms with Crippen LogP contribution in [-0.4, -0.2) is 13.7 Å². The molecular weight excluding hydrogens is 224 g/mol. The summed E-state index contributed by atoms with van der Waals surface area (Å²) in [7, 11) is 1.67. The Morgan fingerprint density at radius 3 is 2.33 bits per heavy atom. The third kappa shape index (κ3) is 5.54. The van der Waals surface area contributed by atoms with Crippen LogP contribution in [0.25, 0.3) is 0 Å². The van der Waals surface area contributed by atoms with Crippen LogP contribution < -0.4 is 4.74 Å². The van der Waals surface area contributed by atoms with Crippen molar-refractivity contribution in [2.45, 2.75) is 45.1 Å². The van der Waals surface area contributed by atoms with E-state index in [-0.39, 0.29) is 6.10 Å². The fraction of sp³-hybridized carbons (Fsp3) is 0.562. The lowest BCUT2D eigenvalue weighted by molar-refractivity contribution is 0.140. The third-order valence-electron chi connectivity index (χ3n) is 3.05. The van der Waals surface area contributed by atoms with Gasteiger partial charge in [-0.3, -0.25) is 0 Å². The van der Waals surface area contributed by atoms with Gasteiger partial charge in [0.2, 0.25) is 0 Å². The molecule has 2 heteroatoms. The minimum Gasteiger partial charge on any atom is -0.494 e. The normalized spacial score (nSPS) is 12.4. The van der Waals surface area contributed by atoms with Crippen LogP contribution >= 0.6 is 0 Å². The molecule has 18 heavy (non-hydrogen) atoms. The van der Waals surface area contributed by atoms with Crippen molar-refractivity contribution >= 4 is 0 Å². The number of ether oxygens (including phenoxy) is 2. The van der Waals surface area contributed by atoms with Gasteiger partial charge >= 0.3 is 0 Å². The van der Waals surface area contributed by atoms with Gasteiger partial charge in [0.05, 0.1) is 12.7 Å². The number of rotatable bonds is 9. The standard InChI is InChI=1S/C16H25O2/c1-4-5-6-7-8-13-18-16-11-9-15(10-12-16)14(2)17-3/h9-12,14H,2,4-8,13H2,1,3H3. The van der Waals surface area contributed by atoms with Gasteiger partial charge in [-0.05, 0) is 31.0 Å². The van der Waals surface area contributed by atoms with Crippen LogP contribution in [0.3, 0.4) is 0 Å². The third-order valence-corrected chi connectivity index (χ3v) is 3.05. The van der Waals surface area contributed by atoms with Gasteiger partial charge in [0.1, 0.15) is 5.75 Å². The molecule has 1 atom stereocenters. The van der Waals surface area contributed by atoms with Crippen LogP contribution in [0.1, 0.15) is 50.7 Å². The topological polar surface area (TPSA) is 18.5 Å². The van der Waals surface area contributed by atoms with E-state index >= 15 is 0 Å². The molecule has 0 bridgehead atoms. The molecule has 0 amide bonds. The lowest BCUT2D eigenvalue weighted by atomic mass is 10.1. The maximum atomic E-state index is 5.69. The van der Waals surface area contributed by atoms with Gasteiger partial charge in [-0.15, -0.1) is 0 Å². The molecule has 1 aromatic rings. The minimum absolute atomic E-state index is 0.104. The number of hydrogen-bond donors (Lipinski definition) is 0. The quantitative estimate of drug-likeness (QED) is 0.597. The van der Waals surface area contributed by atoms with Crippen molar-refractivity contribution < 1.29 is 9.47 Å². The average Bonchev–Trinajstić information content (AvgIpc) is 2.42.